The third-order valence-electron chi connectivity index (χ3n) is 0.864. The van der Waals surface area contributed by atoms with Gasteiger partial charge in [-0.15, -0.1) is 0 Å². The number of nitrogens with zero attached hydrogens (tertiary/aromatic N) is 1. The number of hydrogen-bond donors (Lipinski definition) is 0. The van der Waals surface area contributed by atoms with Gasteiger partial charge in [0, 0.05) is 0 Å². The van der Waals surface area contributed by atoms with E-state index in [2.05, 4.69) is 4.40 Å². The first kappa shape index (κ1) is 13.8. The Morgan fingerprint density at radius 2 is 2.20 bits per heavy atom. The molecule has 0 amide bonds. The molecule has 1 atom stereocenters. The molecule has 1 rings (SSSR count). The molecule has 0 aromatic carbocycles. The quantitative estimate of drug-likeness (QED) is 0.295. The molecule has 0 aromatic heterocycles. The van der Waals surface area contributed by atoms with Gasteiger partial charge in [0.25, 0.3) is 0 Å². The molecule has 1 unspecified atom stereocenters. The van der Waals surface area contributed by atoms with Crippen molar-refractivity contribution < 1.29 is 46.8 Å². The van der Waals surface area contributed by atoms with Crippen LogP contribution in [0.1, 0.15) is 6.92 Å². The SMILES string of the molecule is CC1SN=C(Cl)C1=O.[Cl-].[Na+]. The van der Waals surface area contributed by atoms with Gasteiger partial charge >= 0.3 is 29.6 Å². The van der Waals surface area contributed by atoms with Crippen molar-refractivity contribution in [2.45, 2.75) is 12.2 Å². The first-order valence-corrected chi connectivity index (χ1v) is 3.37. The summed E-state index contributed by atoms with van der Waals surface area (Å²) in [5.74, 6) is -0.0586. The molecule has 0 N–H and O–H groups in total. The van der Waals surface area contributed by atoms with Crippen molar-refractivity contribution in [3.05, 3.63) is 0 Å². The molecule has 6 heteroatoms. The maximum Gasteiger partial charge on any atom is 1.00 e. The number of carbonyl (C=O) groups excluding carboxylic acids is 1. The van der Waals surface area contributed by atoms with E-state index in [1.807, 2.05) is 0 Å². The monoisotopic (exact) mass is 207 g/mol. The molecule has 0 radical (unpaired) electrons. The van der Waals surface area contributed by atoms with Crippen LogP contribution in [0, 0.1) is 0 Å². The van der Waals surface area contributed by atoms with Gasteiger partial charge in [0.2, 0.25) is 5.78 Å². The van der Waals surface area contributed by atoms with E-state index in [1.165, 1.54) is 11.9 Å². The van der Waals surface area contributed by atoms with E-state index in [1.54, 1.807) is 6.92 Å². The Morgan fingerprint density at radius 1 is 1.70 bits per heavy atom. The number of halogens is 2. The van der Waals surface area contributed by atoms with Crippen LogP contribution in [0.2, 0.25) is 0 Å². The van der Waals surface area contributed by atoms with Gasteiger partial charge in [-0.3, -0.25) is 4.79 Å². The summed E-state index contributed by atoms with van der Waals surface area (Å²) in [7, 11) is 0. The molecule has 2 nitrogen and oxygen atoms in total. The average Bonchev–Trinajstić information content (AvgIpc) is 1.98. The summed E-state index contributed by atoms with van der Waals surface area (Å²) in [6.45, 7) is 1.78. The van der Waals surface area contributed by atoms with Crippen LogP contribution in [0.3, 0.4) is 0 Å². The molecule has 0 bridgehead atoms. The van der Waals surface area contributed by atoms with E-state index in [9.17, 15) is 4.79 Å². The van der Waals surface area contributed by atoms with Gasteiger partial charge in [0.15, 0.2) is 5.17 Å². The standard InChI is InChI=1S/C4H4ClNOS.ClH.Na/c1-2-3(7)4(5)6-8-2;;/h2H,1H3;1H;/q;;+1/p-1. The van der Waals surface area contributed by atoms with E-state index < -0.39 is 0 Å². The Morgan fingerprint density at radius 3 is 2.30 bits per heavy atom. The Bertz CT molecular complexity index is 163. The molecule has 1 heterocycles. The van der Waals surface area contributed by atoms with Gasteiger partial charge in [-0.05, 0) is 18.9 Å². The fraction of sp³-hybridized carbons (Fsp3) is 0.500. The minimum absolute atomic E-state index is 0. The number of carbonyl (C=O) groups is 1. The zero-order chi connectivity index (χ0) is 6.15. The second-order valence-electron chi connectivity index (χ2n) is 1.49. The predicted octanol–water partition coefficient (Wildman–Crippen LogP) is -4.75. The van der Waals surface area contributed by atoms with Crippen LogP contribution in [0.4, 0.5) is 0 Å². The fourth-order valence-electron chi connectivity index (χ4n) is 0.386. The van der Waals surface area contributed by atoms with Crippen molar-refractivity contribution in [1.82, 2.24) is 0 Å². The topological polar surface area (TPSA) is 29.4 Å². The van der Waals surface area contributed by atoms with Crippen molar-refractivity contribution in [3.63, 3.8) is 0 Å². The second kappa shape index (κ2) is 5.86. The Labute approximate surface area is 97.0 Å². The number of Topliss-reactive ketones (excluding diaryl/α,β-unsaturated/α-hetero) is 1. The maximum absolute atomic E-state index is 10.6. The van der Waals surface area contributed by atoms with Crippen LogP contribution in [0.5, 0.6) is 0 Å². The van der Waals surface area contributed by atoms with Gasteiger partial charge in [-0.1, -0.05) is 11.6 Å². The molecular formula is C4H4Cl2NNaOS. The second-order valence-corrected chi connectivity index (χ2v) is 2.95. The fourth-order valence-corrected chi connectivity index (χ4v) is 1.28. The molecule has 1 aliphatic heterocycles. The molecule has 0 fully saturated rings. The summed E-state index contributed by atoms with van der Waals surface area (Å²) in [6.07, 6.45) is 0. The third kappa shape index (κ3) is 3.11. The van der Waals surface area contributed by atoms with E-state index in [0.29, 0.717) is 0 Å². The predicted molar refractivity (Wildman–Crippen MR) is 35.3 cm³/mol. The molecule has 0 aromatic rings. The molecule has 1 aliphatic rings. The smallest absolute Gasteiger partial charge is 1.00 e. The largest absolute Gasteiger partial charge is 1.00 e. The molecule has 0 spiro atoms. The summed E-state index contributed by atoms with van der Waals surface area (Å²) in [5.41, 5.74) is 0. The molecule has 0 aliphatic carbocycles. The molecule has 0 saturated carbocycles. The van der Waals surface area contributed by atoms with Gasteiger partial charge in [0.1, 0.15) is 0 Å². The zero-order valence-electron chi connectivity index (χ0n) is 5.60. The maximum atomic E-state index is 10.6. The van der Waals surface area contributed by atoms with Crippen LogP contribution >= 0.6 is 23.5 Å². The van der Waals surface area contributed by atoms with Crippen LogP contribution in [0.25, 0.3) is 0 Å². The number of rotatable bonds is 0. The third-order valence-corrected chi connectivity index (χ3v) is 2.05. The van der Waals surface area contributed by atoms with Crippen molar-refractivity contribution in [1.29, 1.82) is 0 Å². The van der Waals surface area contributed by atoms with Gasteiger partial charge in [0.05, 0.1) is 5.25 Å². The van der Waals surface area contributed by atoms with Crippen LogP contribution in [-0.4, -0.2) is 16.2 Å². The van der Waals surface area contributed by atoms with Crippen molar-refractivity contribution in [2.75, 3.05) is 0 Å². The average molecular weight is 208 g/mol. The normalized spacial score (nSPS) is 22.8. The van der Waals surface area contributed by atoms with Crippen molar-refractivity contribution >= 4 is 34.5 Å². The van der Waals surface area contributed by atoms with E-state index in [-0.39, 0.29) is 58.2 Å². The number of hydrogen-bond acceptors (Lipinski definition) is 3. The summed E-state index contributed by atoms with van der Waals surface area (Å²) < 4.78 is 3.65. The van der Waals surface area contributed by atoms with Gasteiger partial charge < -0.3 is 12.4 Å². The van der Waals surface area contributed by atoms with E-state index >= 15 is 0 Å². The number of ketones is 1. The Hall–Kier alpha value is 1.27. The van der Waals surface area contributed by atoms with E-state index in [0.717, 1.165) is 0 Å². The summed E-state index contributed by atoms with van der Waals surface area (Å²) in [5, 5.41) is 0.0602. The summed E-state index contributed by atoms with van der Waals surface area (Å²) in [4.78, 5) is 10.6. The van der Waals surface area contributed by atoms with E-state index in [4.69, 9.17) is 11.6 Å². The zero-order valence-corrected chi connectivity index (χ0v) is 9.93. The summed E-state index contributed by atoms with van der Waals surface area (Å²) in [6, 6.07) is 0. The van der Waals surface area contributed by atoms with Crippen molar-refractivity contribution in [3.8, 4) is 0 Å². The van der Waals surface area contributed by atoms with Gasteiger partial charge in [-0.25, -0.2) is 0 Å². The summed E-state index contributed by atoms with van der Waals surface area (Å²) >= 11 is 6.56. The van der Waals surface area contributed by atoms with Crippen LogP contribution in [-0.2, 0) is 4.79 Å². The van der Waals surface area contributed by atoms with Gasteiger partial charge in [-0.2, -0.15) is 4.40 Å². The molecule has 10 heavy (non-hydrogen) atoms. The van der Waals surface area contributed by atoms with Crippen molar-refractivity contribution in [2.24, 2.45) is 4.40 Å². The molecular weight excluding hydrogens is 204 g/mol. The first-order valence-electron chi connectivity index (χ1n) is 2.15. The minimum Gasteiger partial charge on any atom is -1.00 e. The minimum atomic E-state index is -0.0671. The Kier molecular flexibility index (Phi) is 8.11. The molecule has 0 saturated heterocycles. The Balaban J connectivity index is 0. The van der Waals surface area contributed by atoms with Crippen LogP contribution < -0.4 is 42.0 Å². The van der Waals surface area contributed by atoms with Crippen LogP contribution in [0.15, 0.2) is 4.40 Å². The first-order chi connectivity index (χ1) is 3.72. The molecule has 52 valence electrons.